The van der Waals surface area contributed by atoms with Crippen molar-refractivity contribution in [1.82, 2.24) is 9.55 Å². The average Bonchev–Trinajstić information content (AvgIpc) is 2.95. The van der Waals surface area contributed by atoms with Gasteiger partial charge < -0.3 is 9.30 Å². The van der Waals surface area contributed by atoms with Crippen molar-refractivity contribution in [3.05, 3.63) is 59.9 Å². The highest BCUT2D eigenvalue weighted by molar-refractivity contribution is 5.91. The van der Waals surface area contributed by atoms with Crippen LogP contribution in [-0.2, 0) is 7.05 Å². The second-order valence-corrected chi connectivity index (χ2v) is 6.40. The van der Waals surface area contributed by atoms with Crippen LogP contribution in [0.2, 0.25) is 0 Å². The number of rotatable bonds is 5. The molecule has 0 N–H and O–H groups in total. The molecule has 4 nitrogen and oxygen atoms in total. The van der Waals surface area contributed by atoms with E-state index in [1.807, 2.05) is 66.2 Å². The third-order valence-corrected chi connectivity index (χ3v) is 3.94. The van der Waals surface area contributed by atoms with Crippen LogP contribution < -0.4 is 4.74 Å². The third-order valence-electron chi connectivity index (χ3n) is 3.94. The number of ether oxygens (including phenoxy) is 1. The standard InChI is InChI=1S/C21H21N3O/c1-15(2)14-25-20-11-7-4-8-16(20)12-17(13-22)21-23-18-9-5-6-10-19(18)24(21)3/h4-12,15H,14H2,1-3H3/b17-12-. The van der Waals surface area contributed by atoms with E-state index in [1.165, 1.54) is 0 Å². The van der Waals surface area contributed by atoms with E-state index in [0.29, 0.717) is 23.9 Å². The van der Waals surface area contributed by atoms with Gasteiger partial charge in [-0.25, -0.2) is 4.98 Å². The van der Waals surface area contributed by atoms with Crippen molar-refractivity contribution in [3.8, 4) is 11.8 Å². The summed E-state index contributed by atoms with van der Waals surface area (Å²) < 4.78 is 7.83. The van der Waals surface area contributed by atoms with E-state index in [9.17, 15) is 5.26 Å². The molecule has 0 saturated heterocycles. The van der Waals surface area contributed by atoms with E-state index in [1.54, 1.807) is 0 Å². The van der Waals surface area contributed by atoms with Crippen LogP contribution in [0.5, 0.6) is 5.75 Å². The van der Waals surface area contributed by atoms with Crippen LogP contribution in [0.3, 0.4) is 0 Å². The molecule has 0 aliphatic rings. The first kappa shape index (κ1) is 16.8. The predicted molar refractivity (Wildman–Crippen MR) is 101 cm³/mol. The normalized spacial score (nSPS) is 11.7. The molecular weight excluding hydrogens is 310 g/mol. The number of aryl methyl sites for hydroxylation is 1. The minimum absolute atomic E-state index is 0.437. The minimum atomic E-state index is 0.437. The highest BCUT2D eigenvalue weighted by Crippen LogP contribution is 2.26. The first-order chi connectivity index (χ1) is 12.1. The number of para-hydroxylation sites is 3. The fourth-order valence-electron chi connectivity index (χ4n) is 2.68. The van der Waals surface area contributed by atoms with Crippen molar-refractivity contribution < 1.29 is 4.74 Å². The van der Waals surface area contributed by atoms with E-state index < -0.39 is 0 Å². The highest BCUT2D eigenvalue weighted by atomic mass is 16.5. The van der Waals surface area contributed by atoms with Crippen molar-refractivity contribution in [3.63, 3.8) is 0 Å². The molecule has 0 aliphatic carbocycles. The smallest absolute Gasteiger partial charge is 0.151 e. The maximum Gasteiger partial charge on any atom is 0.151 e. The Morgan fingerprint density at radius 1 is 1.20 bits per heavy atom. The predicted octanol–water partition coefficient (Wildman–Crippen LogP) is 4.67. The molecule has 3 rings (SSSR count). The Bertz CT molecular complexity index is 961. The molecule has 1 aromatic heterocycles. The highest BCUT2D eigenvalue weighted by Gasteiger charge is 2.13. The summed E-state index contributed by atoms with van der Waals surface area (Å²) in [4.78, 5) is 4.61. The first-order valence-corrected chi connectivity index (χ1v) is 8.35. The summed E-state index contributed by atoms with van der Waals surface area (Å²) in [5, 5.41) is 9.69. The zero-order chi connectivity index (χ0) is 17.8. The van der Waals surface area contributed by atoms with Crippen LogP contribution in [0.4, 0.5) is 0 Å². The molecule has 0 spiro atoms. The Morgan fingerprint density at radius 2 is 1.92 bits per heavy atom. The quantitative estimate of drug-likeness (QED) is 0.638. The molecule has 0 saturated carbocycles. The van der Waals surface area contributed by atoms with E-state index in [0.717, 1.165) is 22.3 Å². The number of allylic oxidation sites excluding steroid dienone is 1. The molecule has 0 aliphatic heterocycles. The SMILES string of the molecule is CC(C)COc1ccccc1/C=C(/C#N)c1nc2ccccc2n1C. The largest absolute Gasteiger partial charge is 0.493 e. The Kier molecular flexibility index (Phi) is 4.85. The van der Waals surface area contributed by atoms with Gasteiger partial charge in [-0.1, -0.05) is 44.2 Å². The lowest BCUT2D eigenvalue weighted by atomic mass is 10.1. The van der Waals surface area contributed by atoms with Gasteiger partial charge in [-0.2, -0.15) is 5.26 Å². The fourth-order valence-corrected chi connectivity index (χ4v) is 2.68. The Morgan fingerprint density at radius 3 is 2.64 bits per heavy atom. The number of fused-ring (bicyclic) bond motifs is 1. The third kappa shape index (κ3) is 3.56. The molecule has 0 bridgehead atoms. The summed E-state index contributed by atoms with van der Waals surface area (Å²) in [7, 11) is 1.93. The molecule has 0 radical (unpaired) electrons. The van der Waals surface area contributed by atoms with Gasteiger partial charge in [0.25, 0.3) is 0 Å². The van der Waals surface area contributed by atoms with Crippen molar-refractivity contribution >= 4 is 22.7 Å². The molecule has 2 aromatic carbocycles. The van der Waals surface area contributed by atoms with Crippen molar-refractivity contribution in [2.45, 2.75) is 13.8 Å². The van der Waals surface area contributed by atoms with E-state index in [-0.39, 0.29) is 0 Å². The van der Waals surface area contributed by atoms with Gasteiger partial charge in [-0.3, -0.25) is 0 Å². The van der Waals surface area contributed by atoms with Gasteiger partial charge >= 0.3 is 0 Å². The van der Waals surface area contributed by atoms with Crippen molar-refractivity contribution in [1.29, 1.82) is 5.26 Å². The molecule has 0 unspecified atom stereocenters. The summed E-state index contributed by atoms with van der Waals surface area (Å²) in [6.07, 6.45) is 1.84. The Hall–Kier alpha value is -3.06. The summed E-state index contributed by atoms with van der Waals surface area (Å²) in [5.74, 6) is 1.87. The fraction of sp³-hybridized carbons (Fsp3) is 0.238. The number of benzene rings is 2. The topological polar surface area (TPSA) is 50.8 Å². The second kappa shape index (κ2) is 7.23. The summed E-state index contributed by atoms with van der Waals surface area (Å²) in [6.45, 7) is 4.86. The monoisotopic (exact) mass is 331 g/mol. The van der Waals surface area contributed by atoms with Crippen LogP contribution in [0, 0.1) is 17.2 Å². The number of aromatic nitrogens is 2. The lowest BCUT2D eigenvalue weighted by Crippen LogP contribution is -2.05. The number of imidazole rings is 1. The Balaban J connectivity index is 2.04. The van der Waals surface area contributed by atoms with Crippen LogP contribution in [0.25, 0.3) is 22.7 Å². The number of nitriles is 1. The van der Waals surface area contributed by atoms with Crippen molar-refractivity contribution in [2.75, 3.05) is 6.61 Å². The molecule has 0 atom stereocenters. The van der Waals surface area contributed by atoms with Crippen LogP contribution in [0.15, 0.2) is 48.5 Å². The van der Waals surface area contributed by atoms with E-state index in [2.05, 4.69) is 24.9 Å². The van der Waals surface area contributed by atoms with Gasteiger partial charge in [0.15, 0.2) is 5.82 Å². The maximum absolute atomic E-state index is 9.69. The lowest BCUT2D eigenvalue weighted by Gasteiger charge is -2.11. The molecule has 4 heteroatoms. The summed E-state index contributed by atoms with van der Waals surface area (Å²) in [5.41, 5.74) is 3.28. The van der Waals surface area contributed by atoms with Gasteiger partial charge in [0.05, 0.1) is 23.2 Å². The molecular formula is C21H21N3O. The number of nitrogens with zero attached hydrogens (tertiary/aromatic N) is 3. The van der Waals surface area contributed by atoms with Crippen LogP contribution >= 0.6 is 0 Å². The van der Waals surface area contributed by atoms with E-state index >= 15 is 0 Å². The molecule has 3 aromatic rings. The second-order valence-electron chi connectivity index (χ2n) is 6.40. The van der Waals surface area contributed by atoms with Crippen LogP contribution in [0.1, 0.15) is 25.2 Å². The number of hydrogen-bond acceptors (Lipinski definition) is 3. The zero-order valence-electron chi connectivity index (χ0n) is 14.7. The molecule has 1 heterocycles. The van der Waals surface area contributed by atoms with Gasteiger partial charge in [0.2, 0.25) is 0 Å². The van der Waals surface area contributed by atoms with Gasteiger partial charge in [0.1, 0.15) is 11.8 Å². The molecule has 25 heavy (non-hydrogen) atoms. The van der Waals surface area contributed by atoms with E-state index in [4.69, 9.17) is 4.74 Å². The van der Waals surface area contributed by atoms with Crippen LogP contribution in [-0.4, -0.2) is 16.2 Å². The van der Waals surface area contributed by atoms with Gasteiger partial charge in [-0.05, 0) is 30.2 Å². The molecule has 0 amide bonds. The first-order valence-electron chi connectivity index (χ1n) is 8.35. The van der Waals surface area contributed by atoms with Gasteiger partial charge in [-0.15, -0.1) is 0 Å². The number of hydrogen-bond donors (Lipinski definition) is 0. The maximum atomic E-state index is 9.69. The average molecular weight is 331 g/mol. The lowest BCUT2D eigenvalue weighted by molar-refractivity contribution is 0.270. The molecule has 126 valence electrons. The minimum Gasteiger partial charge on any atom is -0.493 e. The Labute approximate surface area is 148 Å². The zero-order valence-corrected chi connectivity index (χ0v) is 14.7. The van der Waals surface area contributed by atoms with Gasteiger partial charge in [0, 0.05) is 12.6 Å². The van der Waals surface area contributed by atoms with Crippen molar-refractivity contribution in [2.24, 2.45) is 13.0 Å². The molecule has 0 fully saturated rings. The summed E-state index contributed by atoms with van der Waals surface area (Å²) >= 11 is 0. The summed E-state index contributed by atoms with van der Waals surface area (Å²) in [6, 6.07) is 17.9.